The fraction of sp³-hybridized carbons (Fsp3) is 0.333. The number of anilines is 2. The van der Waals surface area contributed by atoms with Gasteiger partial charge in [-0.15, -0.1) is 0 Å². The zero-order valence-corrected chi connectivity index (χ0v) is 18.9. The van der Waals surface area contributed by atoms with E-state index in [1.54, 1.807) is 42.6 Å². The Bertz CT molecular complexity index is 1220. The highest BCUT2D eigenvalue weighted by atomic mass is 35.5. The van der Waals surface area contributed by atoms with Gasteiger partial charge in [0.1, 0.15) is 5.82 Å². The maximum absolute atomic E-state index is 12.5. The third-order valence-electron chi connectivity index (χ3n) is 4.63. The summed E-state index contributed by atoms with van der Waals surface area (Å²) in [5.74, 6) is 0.634. The van der Waals surface area contributed by atoms with E-state index in [0.717, 1.165) is 5.39 Å². The summed E-state index contributed by atoms with van der Waals surface area (Å²) >= 11 is 6.07. The van der Waals surface area contributed by atoms with Gasteiger partial charge in [-0.1, -0.05) is 25.4 Å². The lowest BCUT2D eigenvalue weighted by atomic mass is 10.1. The molecule has 9 heteroatoms. The summed E-state index contributed by atoms with van der Waals surface area (Å²) in [5.41, 5.74) is 1.55. The van der Waals surface area contributed by atoms with E-state index < -0.39 is 10.0 Å². The number of aromatic amines is 1. The summed E-state index contributed by atoms with van der Waals surface area (Å²) < 4.78 is 25.9. The van der Waals surface area contributed by atoms with Gasteiger partial charge in [0.05, 0.1) is 18.0 Å². The van der Waals surface area contributed by atoms with Gasteiger partial charge in [-0.2, -0.15) is 0 Å². The van der Waals surface area contributed by atoms with Gasteiger partial charge in [-0.3, -0.25) is 9.10 Å². The first-order valence-corrected chi connectivity index (χ1v) is 11.8. The first-order valence-electron chi connectivity index (χ1n) is 9.57. The lowest BCUT2D eigenvalue weighted by Crippen LogP contribution is -2.33. The molecule has 1 aromatic carbocycles. The van der Waals surface area contributed by atoms with E-state index >= 15 is 0 Å². The molecule has 1 atom stereocenters. The molecule has 0 aliphatic carbocycles. The largest absolute Gasteiger partial charge is 0.363 e. The molecular weight excluding hydrogens is 424 g/mol. The topological polar surface area (TPSA) is 95.2 Å². The van der Waals surface area contributed by atoms with Gasteiger partial charge >= 0.3 is 0 Å². The number of hydrogen-bond donors (Lipinski definition) is 2. The van der Waals surface area contributed by atoms with Crippen LogP contribution in [0.3, 0.4) is 0 Å². The molecule has 0 saturated carbocycles. The number of rotatable bonds is 7. The third kappa shape index (κ3) is 5.12. The summed E-state index contributed by atoms with van der Waals surface area (Å²) in [5, 5.41) is 4.60. The van der Waals surface area contributed by atoms with Crippen molar-refractivity contribution in [2.75, 3.05) is 22.4 Å². The van der Waals surface area contributed by atoms with Gasteiger partial charge in [-0.05, 0) is 43.2 Å². The molecule has 0 unspecified atom stereocenters. The quantitative estimate of drug-likeness (QED) is 0.565. The van der Waals surface area contributed by atoms with Crippen LogP contribution >= 0.6 is 11.6 Å². The predicted molar refractivity (Wildman–Crippen MR) is 123 cm³/mol. The first-order chi connectivity index (χ1) is 14.0. The lowest BCUT2D eigenvalue weighted by Gasteiger charge is -2.25. The molecule has 0 radical (unpaired) electrons. The van der Waals surface area contributed by atoms with Gasteiger partial charge in [0.15, 0.2) is 0 Å². The summed E-state index contributed by atoms with van der Waals surface area (Å²) in [6, 6.07) is 10.0. The zero-order valence-electron chi connectivity index (χ0n) is 17.3. The van der Waals surface area contributed by atoms with Crippen molar-refractivity contribution in [1.29, 1.82) is 0 Å². The Hall–Kier alpha value is -2.58. The number of hydrogen-bond acceptors (Lipinski definition) is 5. The molecule has 3 aromatic rings. The average molecular weight is 449 g/mol. The van der Waals surface area contributed by atoms with Gasteiger partial charge in [0, 0.05) is 40.3 Å². The Kier molecular flexibility index (Phi) is 6.38. The van der Waals surface area contributed by atoms with Crippen LogP contribution in [0.15, 0.2) is 47.4 Å². The van der Waals surface area contributed by atoms with Crippen molar-refractivity contribution >= 4 is 44.0 Å². The molecule has 0 spiro atoms. The van der Waals surface area contributed by atoms with Crippen LogP contribution in [0.5, 0.6) is 0 Å². The first kappa shape index (κ1) is 22.1. The van der Waals surface area contributed by atoms with E-state index in [9.17, 15) is 13.2 Å². The highest BCUT2D eigenvalue weighted by Gasteiger charge is 2.20. The number of fused-ring (bicyclic) bond motifs is 1. The zero-order chi connectivity index (χ0) is 22.1. The lowest BCUT2D eigenvalue weighted by molar-refractivity contribution is 0.583. The summed E-state index contributed by atoms with van der Waals surface area (Å²) in [4.78, 5) is 19.7. The second-order valence-corrected chi connectivity index (χ2v) is 10.1. The van der Waals surface area contributed by atoms with Crippen LogP contribution in [-0.4, -0.2) is 31.2 Å². The highest BCUT2D eigenvalue weighted by Crippen LogP contribution is 2.25. The van der Waals surface area contributed by atoms with Crippen LogP contribution in [0.25, 0.3) is 10.9 Å². The predicted octanol–water partition coefficient (Wildman–Crippen LogP) is 4.17. The van der Waals surface area contributed by atoms with Gasteiger partial charge in [0.2, 0.25) is 10.0 Å². The molecule has 0 aliphatic heterocycles. The average Bonchev–Trinajstić information content (AvgIpc) is 2.65. The molecule has 2 aromatic heterocycles. The molecule has 0 fully saturated rings. The molecule has 30 heavy (non-hydrogen) atoms. The van der Waals surface area contributed by atoms with Crippen molar-refractivity contribution in [3.8, 4) is 0 Å². The molecule has 0 saturated heterocycles. The summed E-state index contributed by atoms with van der Waals surface area (Å²) in [7, 11) is -3.44. The standard InChI is InChI=1S/C21H25ClN4O3S/c1-13(2)12-26(30(4,28)29)17-7-8-23-20(11-17)24-14(3)18-10-15-9-16(22)5-6-19(15)25-21(18)27/h5-11,13-14H,12H2,1-4H3,(H,23,24)(H,25,27)/t14-/m0/s1. The Morgan fingerprint density at radius 1 is 1.17 bits per heavy atom. The maximum Gasteiger partial charge on any atom is 0.253 e. The summed E-state index contributed by atoms with van der Waals surface area (Å²) in [6.07, 6.45) is 2.73. The monoisotopic (exact) mass is 448 g/mol. The van der Waals surface area contributed by atoms with Crippen LogP contribution in [0.4, 0.5) is 11.5 Å². The SMILES string of the molecule is CC(C)CN(c1ccnc(N[C@@H](C)c2cc3cc(Cl)ccc3[nH]c2=O)c1)S(C)(=O)=O. The number of nitrogens with zero attached hydrogens (tertiary/aromatic N) is 2. The van der Waals surface area contributed by atoms with Gasteiger partial charge in [0.25, 0.3) is 5.56 Å². The van der Waals surface area contributed by atoms with Crippen LogP contribution < -0.4 is 15.2 Å². The van der Waals surface area contributed by atoms with Crippen LogP contribution in [0, 0.1) is 5.92 Å². The fourth-order valence-corrected chi connectivity index (χ4v) is 4.48. The molecule has 2 N–H and O–H groups in total. The van der Waals surface area contributed by atoms with E-state index in [0.29, 0.717) is 34.2 Å². The second-order valence-electron chi connectivity index (χ2n) is 7.74. The van der Waals surface area contributed by atoms with Crippen molar-refractivity contribution in [1.82, 2.24) is 9.97 Å². The molecule has 7 nitrogen and oxygen atoms in total. The minimum absolute atomic E-state index is 0.159. The number of benzene rings is 1. The normalized spacial score (nSPS) is 12.9. The molecule has 2 heterocycles. The Labute approximate surface area is 181 Å². The number of halogens is 1. The smallest absolute Gasteiger partial charge is 0.253 e. The van der Waals surface area contributed by atoms with Crippen molar-refractivity contribution < 1.29 is 8.42 Å². The minimum Gasteiger partial charge on any atom is -0.363 e. The molecular formula is C21H25ClN4O3S. The number of sulfonamides is 1. The fourth-order valence-electron chi connectivity index (χ4n) is 3.23. The van der Waals surface area contributed by atoms with Crippen LogP contribution in [0.2, 0.25) is 5.02 Å². The number of pyridine rings is 2. The molecule has 3 rings (SSSR count). The van der Waals surface area contributed by atoms with Crippen molar-refractivity contribution in [2.24, 2.45) is 5.92 Å². The van der Waals surface area contributed by atoms with E-state index in [4.69, 9.17) is 11.6 Å². The van der Waals surface area contributed by atoms with Crippen molar-refractivity contribution in [3.05, 3.63) is 63.5 Å². The Balaban J connectivity index is 1.91. The van der Waals surface area contributed by atoms with Crippen molar-refractivity contribution in [3.63, 3.8) is 0 Å². The van der Waals surface area contributed by atoms with Gasteiger partial charge < -0.3 is 10.3 Å². The molecule has 0 aliphatic rings. The maximum atomic E-state index is 12.5. The minimum atomic E-state index is -3.44. The van der Waals surface area contributed by atoms with E-state index in [2.05, 4.69) is 15.3 Å². The number of nitrogens with one attached hydrogen (secondary N) is 2. The number of H-pyrrole nitrogens is 1. The second kappa shape index (κ2) is 8.65. The van der Waals surface area contributed by atoms with E-state index in [1.165, 1.54) is 10.6 Å². The number of aromatic nitrogens is 2. The molecule has 0 bridgehead atoms. The third-order valence-corrected chi connectivity index (χ3v) is 6.02. The van der Waals surface area contributed by atoms with Crippen molar-refractivity contribution in [2.45, 2.75) is 26.8 Å². The van der Waals surface area contributed by atoms with Crippen LogP contribution in [-0.2, 0) is 10.0 Å². The molecule has 160 valence electrons. The molecule has 0 amide bonds. The Morgan fingerprint density at radius 3 is 2.57 bits per heavy atom. The van der Waals surface area contributed by atoms with Crippen LogP contribution in [0.1, 0.15) is 32.4 Å². The summed E-state index contributed by atoms with van der Waals surface area (Å²) in [6.45, 7) is 6.12. The highest BCUT2D eigenvalue weighted by molar-refractivity contribution is 7.92. The van der Waals surface area contributed by atoms with E-state index in [-0.39, 0.29) is 17.5 Å². The Morgan fingerprint density at radius 2 is 1.90 bits per heavy atom. The van der Waals surface area contributed by atoms with Gasteiger partial charge in [-0.25, -0.2) is 13.4 Å². The van der Waals surface area contributed by atoms with E-state index in [1.807, 2.05) is 20.8 Å².